The number of anilines is 2. The van der Waals surface area contributed by atoms with Gasteiger partial charge in [-0.15, -0.1) is 0 Å². The van der Waals surface area contributed by atoms with Crippen molar-refractivity contribution in [3.63, 3.8) is 0 Å². The minimum Gasteiger partial charge on any atom is -0.493 e. The number of piperazine rings is 1. The predicted octanol–water partition coefficient (Wildman–Crippen LogP) is 4.66. The Morgan fingerprint density at radius 1 is 0.974 bits per heavy atom. The molecular formula is C28H31ClFN3O5S. The van der Waals surface area contributed by atoms with Gasteiger partial charge >= 0.3 is 0 Å². The Kier molecular flexibility index (Phi) is 8.56. The normalized spacial score (nSPS) is 13.8. The number of carbonyl (C=O) groups is 1. The van der Waals surface area contributed by atoms with Crippen molar-refractivity contribution in [1.82, 2.24) is 4.90 Å². The number of nitrogens with zero attached hydrogens (tertiary/aromatic N) is 3. The number of rotatable bonds is 8. The lowest BCUT2D eigenvalue weighted by Gasteiger charge is -2.38. The molecule has 8 nitrogen and oxygen atoms in total. The van der Waals surface area contributed by atoms with E-state index in [0.717, 1.165) is 16.1 Å². The van der Waals surface area contributed by atoms with Crippen molar-refractivity contribution < 1.29 is 27.1 Å². The summed E-state index contributed by atoms with van der Waals surface area (Å²) >= 11 is 5.99. The predicted molar refractivity (Wildman–Crippen MR) is 150 cm³/mol. The highest BCUT2D eigenvalue weighted by Crippen LogP contribution is 2.33. The van der Waals surface area contributed by atoms with Crippen LogP contribution < -0.4 is 18.7 Å². The maximum atomic E-state index is 13.9. The molecule has 1 aliphatic rings. The number of ether oxygens (including phenoxy) is 2. The van der Waals surface area contributed by atoms with E-state index in [9.17, 15) is 17.6 Å². The van der Waals surface area contributed by atoms with Gasteiger partial charge in [0.1, 0.15) is 12.4 Å². The Morgan fingerprint density at radius 3 is 2.31 bits per heavy atom. The van der Waals surface area contributed by atoms with E-state index in [-0.39, 0.29) is 27.3 Å². The monoisotopic (exact) mass is 575 g/mol. The maximum Gasteiger partial charge on any atom is 0.264 e. The van der Waals surface area contributed by atoms with E-state index in [1.54, 1.807) is 4.90 Å². The second-order valence-electron chi connectivity index (χ2n) is 9.21. The third kappa shape index (κ3) is 5.91. The highest BCUT2D eigenvalue weighted by molar-refractivity contribution is 7.92. The Labute approximate surface area is 233 Å². The fraction of sp³-hybridized carbons (Fsp3) is 0.321. The number of sulfonamides is 1. The van der Waals surface area contributed by atoms with Gasteiger partial charge in [0.25, 0.3) is 10.0 Å². The number of benzene rings is 3. The first kappa shape index (κ1) is 28.5. The third-order valence-electron chi connectivity index (χ3n) is 6.96. The third-order valence-corrected chi connectivity index (χ3v) is 9.02. The van der Waals surface area contributed by atoms with Crippen LogP contribution in [-0.4, -0.2) is 66.2 Å². The summed E-state index contributed by atoms with van der Waals surface area (Å²) in [5.41, 5.74) is 3.58. The van der Waals surface area contributed by atoms with Crippen LogP contribution in [0.3, 0.4) is 0 Å². The van der Waals surface area contributed by atoms with E-state index in [0.29, 0.717) is 31.9 Å². The van der Waals surface area contributed by atoms with Crippen LogP contribution in [0.5, 0.6) is 11.5 Å². The van der Waals surface area contributed by atoms with Crippen molar-refractivity contribution in [1.29, 1.82) is 0 Å². The van der Waals surface area contributed by atoms with E-state index < -0.39 is 22.4 Å². The molecule has 3 aromatic carbocycles. The first-order valence-corrected chi connectivity index (χ1v) is 14.2. The fourth-order valence-corrected chi connectivity index (χ4v) is 6.15. The molecule has 0 bridgehead atoms. The van der Waals surface area contributed by atoms with Gasteiger partial charge in [-0.25, -0.2) is 12.8 Å². The molecule has 0 N–H and O–H groups in total. The molecule has 1 saturated heterocycles. The molecule has 0 radical (unpaired) electrons. The number of amides is 1. The van der Waals surface area contributed by atoms with Gasteiger partial charge in [-0.05, 0) is 61.4 Å². The summed E-state index contributed by atoms with van der Waals surface area (Å²) in [7, 11) is -1.44. The molecule has 0 aliphatic carbocycles. The number of methoxy groups -OCH3 is 2. The SMILES string of the molecule is COc1ccc(S(=O)(=O)N(CC(=O)N2CCN(c3cccc(C)c3C)CC2)c2ccc(F)c(Cl)c2)cc1OC. The summed E-state index contributed by atoms with van der Waals surface area (Å²) in [6, 6.07) is 13.8. The molecule has 39 heavy (non-hydrogen) atoms. The molecule has 4 rings (SSSR count). The van der Waals surface area contributed by atoms with Crippen LogP contribution in [0, 0.1) is 19.7 Å². The van der Waals surface area contributed by atoms with Crippen molar-refractivity contribution in [2.75, 3.05) is 56.1 Å². The molecule has 1 amide bonds. The van der Waals surface area contributed by atoms with Crippen molar-refractivity contribution >= 4 is 38.9 Å². The lowest BCUT2D eigenvalue weighted by molar-refractivity contribution is -0.129. The van der Waals surface area contributed by atoms with E-state index in [1.165, 1.54) is 55.7 Å². The lowest BCUT2D eigenvalue weighted by atomic mass is 10.1. The molecular weight excluding hydrogens is 545 g/mol. The van der Waals surface area contributed by atoms with Crippen molar-refractivity contribution in [2.24, 2.45) is 0 Å². The smallest absolute Gasteiger partial charge is 0.264 e. The molecule has 3 aromatic rings. The summed E-state index contributed by atoms with van der Waals surface area (Å²) in [6.45, 7) is 5.74. The van der Waals surface area contributed by atoms with Gasteiger partial charge < -0.3 is 19.3 Å². The van der Waals surface area contributed by atoms with E-state index >= 15 is 0 Å². The Balaban J connectivity index is 1.60. The van der Waals surface area contributed by atoms with Crippen LogP contribution in [0.2, 0.25) is 5.02 Å². The zero-order valence-electron chi connectivity index (χ0n) is 22.3. The highest BCUT2D eigenvalue weighted by atomic mass is 35.5. The summed E-state index contributed by atoms with van der Waals surface area (Å²) in [6.07, 6.45) is 0. The fourth-order valence-electron chi connectivity index (χ4n) is 4.56. The second-order valence-corrected chi connectivity index (χ2v) is 11.5. The highest BCUT2D eigenvalue weighted by Gasteiger charge is 2.31. The van der Waals surface area contributed by atoms with Crippen molar-refractivity contribution in [3.05, 3.63) is 76.6 Å². The van der Waals surface area contributed by atoms with Crippen molar-refractivity contribution in [2.45, 2.75) is 18.7 Å². The zero-order valence-corrected chi connectivity index (χ0v) is 23.9. The van der Waals surface area contributed by atoms with E-state index in [1.807, 2.05) is 6.07 Å². The quantitative estimate of drug-likeness (QED) is 0.389. The number of hydrogen-bond acceptors (Lipinski definition) is 6. The molecule has 1 heterocycles. The average molecular weight is 576 g/mol. The molecule has 11 heteroatoms. The Bertz CT molecular complexity index is 1480. The molecule has 1 fully saturated rings. The van der Waals surface area contributed by atoms with Crippen LogP contribution >= 0.6 is 11.6 Å². The number of hydrogen-bond donors (Lipinski definition) is 0. The van der Waals surface area contributed by atoms with Crippen LogP contribution in [0.4, 0.5) is 15.8 Å². The summed E-state index contributed by atoms with van der Waals surface area (Å²) in [5.74, 6) is -0.506. The minimum absolute atomic E-state index is 0.0681. The van der Waals surface area contributed by atoms with Gasteiger partial charge in [-0.2, -0.15) is 0 Å². The molecule has 0 spiro atoms. The summed E-state index contributed by atoms with van der Waals surface area (Å²) in [4.78, 5) is 17.2. The van der Waals surface area contributed by atoms with Gasteiger partial charge in [0, 0.05) is 37.9 Å². The zero-order chi connectivity index (χ0) is 28.3. The first-order valence-electron chi connectivity index (χ1n) is 12.4. The molecule has 0 saturated carbocycles. The van der Waals surface area contributed by atoms with Gasteiger partial charge in [-0.3, -0.25) is 9.10 Å². The second kappa shape index (κ2) is 11.7. The number of carbonyl (C=O) groups excluding carboxylic acids is 1. The van der Waals surface area contributed by atoms with Crippen molar-refractivity contribution in [3.8, 4) is 11.5 Å². The molecule has 208 valence electrons. The first-order chi connectivity index (χ1) is 18.6. The number of aryl methyl sites for hydroxylation is 1. The number of halogens is 2. The Hall–Kier alpha value is -3.50. The molecule has 1 aliphatic heterocycles. The van der Waals surface area contributed by atoms with Gasteiger partial charge in [0.15, 0.2) is 11.5 Å². The molecule has 0 unspecified atom stereocenters. The standard InChI is InChI=1S/C28H31ClFN3O5S/c1-19-6-5-7-25(20(19)2)31-12-14-32(15-13-31)28(34)18-33(21-8-10-24(30)23(29)16-21)39(35,36)22-9-11-26(37-3)27(17-22)38-4/h5-11,16-17H,12-15,18H2,1-4H3. The lowest BCUT2D eigenvalue weighted by Crippen LogP contribution is -2.52. The molecule has 0 aromatic heterocycles. The summed E-state index contributed by atoms with van der Waals surface area (Å²) < 4.78 is 53.0. The average Bonchev–Trinajstić information content (AvgIpc) is 2.94. The minimum atomic E-state index is -4.28. The summed E-state index contributed by atoms with van der Waals surface area (Å²) in [5, 5.41) is -0.255. The molecule has 0 atom stereocenters. The van der Waals surface area contributed by atoms with Crippen LogP contribution in [-0.2, 0) is 14.8 Å². The maximum absolute atomic E-state index is 13.9. The Morgan fingerprint density at radius 2 is 1.67 bits per heavy atom. The van der Waals surface area contributed by atoms with Gasteiger partial charge in [-0.1, -0.05) is 23.7 Å². The van der Waals surface area contributed by atoms with Crippen LogP contribution in [0.15, 0.2) is 59.5 Å². The van der Waals surface area contributed by atoms with Gasteiger partial charge in [0.05, 0.1) is 29.8 Å². The topological polar surface area (TPSA) is 79.4 Å². The van der Waals surface area contributed by atoms with Crippen LogP contribution in [0.1, 0.15) is 11.1 Å². The van der Waals surface area contributed by atoms with Gasteiger partial charge in [0.2, 0.25) is 5.91 Å². The van der Waals surface area contributed by atoms with Crippen LogP contribution in [0.25, 0.3) is 0 Å². The largest absolute Gasteiger partial charge is 0.493 e. The van der Waals surface area contributed by atoms with E-state index in [2.05, 4.69) is 30.9 Å². The van der Waals surface area contributed by atoms with E-state index in [4.69, 9.17) is 21.1 Å².